The number of aryl methyl sites for hydroxylation is 3. The third-order valence-electron chi connectivity index (χ3n) is 8.44. The molecule has 5 heterocycles. The number of aromatic amines is 3. The molecule has 0 radical (unpaired) electrons. The minimum Gasteiger partial charge on any atom is -0.394 e. The molecule has 0 aliphatic carbocycles. The van der Waals surface area contributed by atoms with Gasteiger partial charge in [-0.3, -0.25) is 61.1 Å². The fourth-order valence-corrected chi connectivity index (χ4v) is 7.21. The number of phosphoric acid groups is 2. The standard InChI is InChI=1S/C29H38N6O18P2/c1-14-6-33(27(41)30-24(14)38)9-17(11-48-54(44,45)50-13-21-18(37)4-22(52-21)34-7-15(2)25(39)31-28(34)42)12-49-55(46,47)53-19-5-23(51-20(19)10-36)35-8-16(3)26(40)32-29(35)43/h6-9,18-23,36-37H,4-5,10-13H2,1-3H3,(H,44,45)(H,46,47)(H,30,38,41)(H,31,39,42)(H,32,40,43)/b17-9-/t18-,19-,20+,21+,22+,23+/m0/s1. The van der Waals surface area contributed by atoms with Crippen molar-refractivity contribution in [2.75, 3.05) is 26.4 Å². The van der Waals surface area contributed by atoms with Crippen LogP contribution in [0.3, 0.4) is 0 Å². The first-order valence-electron chi connectivity index (χ1n) is 16.3. The Balaban J connectivity index is 1.26. The van der Waals surface area contributed by atoms with Crippen LogP contribution in [0, 0.1) is 20.8 Å². The third-order valence-corrected chi connectivity index (χ3v) is 10.4. The lowest BCUT2D eigenvalue weighted by Gasteiger charge is -2.21. The van der Waals surface area contributed by atoms with Crippen LogP contribution >= 0.6 is 15.6 Å². The molecule has 2 unspecified atom stereocenters. The van der Waals surface area contributed by atoms with Crippen LogP contribution in [0.15, 0.2) is 52.9 Å². The number of aliphatic hydroxyl groups is 2. The minimum absolute atomic E-state index is 0.0692. The van der Waals surface area contributed by atoms with Gasteiger partial charge in [0.2, 0.25) is 0 Å². The van der Waals surface area contributed by atoms with Gasteiger partial charge in [-0.15, -0.1) is 0 Å². The molecular formula is C29H38N6O18P2. The zero-order chi connectivity index (χ0) is 40.4. The number of rotatable bonds is 15. The summed E-state index contributed by atoms with van der Waals surface area (Å²) in [7, 11) is -10.1. The van der Waals surface area contributed by atoms with Gasteiger partial charge < -0.3 is 29.5 Å². The Labute approximate surface area is 307 Å². The normalized spacial score (nSPS) is 25.2. The summed E-state index contributed by atoms with van der Waals surface area (Å²) in [5.41, 5.74) is -4.42. The van der Waals surface area contributed by atoms with Crippen molar-refractivity contribution in [2.45, 2.75) is 70.5 Å². The Kier molecular flexibility index (Phi) is 12.9. The average molecular weight is 821 g/mol. The van der Waals surface area contributed by atoms with Crippen molar-refractivity contribution in [3.63, 3.8) is 0 Å². The number of ether oxygens (including phenoxy) is 2. The van der Waals surface area contributed by atoms with Gasteiger partial charge in [-0.25, -0.2) is 23.5 Å². The molecule has 2 fully saturated rings. The molecule has 0 spiro atoms. The fourth-order valence-electron chi connectivity index (χ4n) is 5.51. The topological polar surface area (TPSA) is 335 Å². The average Bonchev–Trinajstić information content (AvgIpc) is 3.68. The fraction of sp³-hybridized carbons (Fsp3) is 0.517. The van der Waals surface area contributed by atoms with Gasteiger partial charge >= 0.3 is 32.7 Å². The molecular weight excluding hydrogens is 782 g/mol. The van der Waals surface area contributed by atoms with Crippen LogP contribution in [0.4, 0.5) is 0 Å². The molecule has 0 aromatic carbocycles. The minimum atomic E-state index is -5.10. The number of H-pyrrole nitrogens is 3. The van der Waals surface area contributed by atoms with E-state index < -0.39 is 113 Å². The van der Waals surface area contributed by atoms with Gasteiger partial charge in [0.05, 0.1) is 32.5 Å². The zero-order valence-corrected chi connectivity index (χ0v) is 31.0. The number of aromatic nitrogens is 6. The van der Waals surface area contributed by atoms with E-state index in [4.69, 9.17) is 27.6 Å². The molecule has 5 rings (SSSR count). The van der Waals surface area contributed by atoms with Gasteiger partial charge in [0, 0.05) is 54.3 Å². The molecule has 8 atom stereocenters. The van der Waals surface area contributed by atoms with Crippen molar-refractivity contribution in [1.29, 1.82) is 0 Å². The van der Waals surface area contributed by atoms with Gasteiger partial charge in [-0.05, 0) is 26.3 Å². The van der Waals surface area contributed by atoms with Crippen LogP contribution in [0.25, 0.3) is 6.20 Å². The van der Waals surface area contributed by atoms with Crippen LogP contribution in [0.2, 0.25) is 0 Å². The molecule has 2 aliphatic rings. The second-order valence-electron chi connectivity index (χ2n) is 12.6. The lowest BCUT2D eigenvalue weighted by Crippen LogP contribution is -2.33. The van der Waals surface area contributed by atoms with Crippen molar-refractivity contribution < 1.29 is 56.7 Å². The van der Waals surface area contributed by atoms with Crippen molar-refractivity contribution in [3.05, 3.63) is 103 Å². The quantitative estimate of drug-likeness (QED) is 0.0813. The van der Waals surface area contributed by atoms with Crippen molar-refractivity contribution in [1.82, 2.24) is 28.7 Å². The molecule has 7 N–H and O–H groups in total. The van der Waals surface area contributed by atoms with Gasteiger partial charge in [0.1, 0.15) is 30.8 Å². The van der Waals surface area contributed by atoms with Gasteiger partial charge in [0.15, 0.2) is 0 Å². The second-order valence-corrected chi connectivity index (χ2v) is 15.5. The first-order chi connectivity index (χ1) is 25.8. The summed E-state index contributed by atoms with van der Waals surface area (Å²) in [6, 6.07) is 0. The highest BCUT2D eigenvalue weighted by molar-refractivity contribution is 7.47. The monoisotopic (exact) mass is 820 g/mol. The molecule has 2 aliphatic heterocycles. The Morgan fingerprint density at radius 1 is 0.764 bits per heavy atom. The zero-order valence-electron chi connectivity index (χ0n) is 29.3. The summed E-state index contributed by atoms with van der Waals surface area (Å²) >= 11 is 0. The Hall–Kier alpha value is -4.16. The first-order valence-corrected chi connectivity index (χ1v) is 19.3. The first kappa shape index (κ1) is 42.0. The van der Waals surface area contributed by atoms with Crippen LogP contribution < -0.4 is 33.7 Å². The maximum Gasteiger partial charge on any atom is 0.472 e. The highest BCUT2D eigenvalue weighted by Gasteiger charge is 2.42. The maximum atomic E-state index is 13.1. The Morgan fingerprint density at radius 2 is 1.25 bits per heavy atom. The summed E-state index contributed by atoms with van der Waals surface area (Å²) in [5, 5.41) is 20.3. The molecule has 0 bridgehead atoms. The van der Waals surface area contributed by atoms with E-state index in [1.54, 1.807) is 0 Å². The third kappa shape index (κ3) is 10.4. The highest BCUT2D eigenvalue weighted by atomic mass is 31.2. The predicted octanol–water partition coefficient (Wildman–Crippen LogP) is -2.03. The van der Waals surface area contributed by atoms with E-state index in [-0.39, 0.29) is 35.1 Å². The number of nitrogens with one attached hydrogen (secondary N) is 3. The van der Waals surface area contributed by atoms with Crippen LogP contribution in [0.1, 0.15) is 42.0 Å². The SMILES string of the molecule is Cc1cn(/C=C(/COP(=O)(O)OC[C@H]2O[C@@H](n3cc(C)c(=O)[nH]c3=O)C[C@@H]2O)COP(=O)(O)O[C@H]2C[C@H](n3cc(C)c(=O)[nH]c3=O)O[C@@H]2CO)c(=O)[nH]c1=O. The second kappa shape index (κ2) is 16.9. The van der Waals surface area contributed by atoms with E-state index in [0.717, 1.165) is 26.1 Å². The van der Waals surface area contributed by atoms with E-state index in [2.05, 4.69) is 9.97 Å². The number of hydrogen-bond donors (Lipinski definition) is 7. The molecule has 0 saturated carbocycles. The largest absolute Gasteiger partial charge is 0.472 e. The summed E-state index contributed by atoms with van der Waals surface area (Å²) in [6.45, 7) is 1.01. The molecule has 55 heavy (non-hydrogen) atoms. The molecule has 24 nitrogen and oxygen atoms in total. The van der Waals surface area contributed by atoms with E-state index in [1.807, 2.05) is 4.98 Å². The van der Waals surface area contributed by atoms with E-state index in [0.29, 0.717) is 0 Å². The van der Waals surface area contributed by atoms with E-state index in [9.17, 15) is 57.9 Å². The molecule has 0 amide bonds. The molecule has 3 aromatic heterocycles. The van der Waals surface area contributed by atoms with Gasteiger partial charge in [-0.1, -0.05) is 0 Å². The number of nitrogens with zero attached hydrogens (tertiary/aromatic N) is 3. The summed E-state index contributed by atoms with van der Waals surface area (Å²) in [5.74, 6) is 0. The summed E-state index contributed by atoms with van der Waals surface area (Å²) in [6.07, 6.45) is -3.16. The molecule has 302 valence electrons. The van der Waals surface area contributed by atoms with Crippen LogP contribution in [-0.2, 0) is 36.7 Å². The van der Waals surface area contributed by atoms with E-state index in [1.165, 1.54) is 33.2 Å². The van der Waals surface area contributed by atoms with Crippen LogP contribution in [0.5, 0.6) is 0 Å². The van der Waals surface area contributed by atoms with Crippen molar-refractivity contribution in [2.24, 2.45) is 0 Å². The molecule has 2 saturated heterocycles. The van der Waals surface area contributed by atoms with Gasteiger partial charge in [0.25, 0.3) is 16.7 Å². The lowest BCUT2D eigenvalue weighted by molar-refractivity contribution is -0.0467. The Morgan fingerprint density at radius 3 is 1.82 bits per heavy atom. The number of hydrogen-bond acceptors (Lipinski definition) is 16. The number of aliphatic hydroxyl groups excluding tert-OH is 2. The van der Waals surface area contributed by atoms with E-state index >= 15 is 0 Å². The Bertz CT molecular complexity index is 2400. The number of phosphoric ester groups is 2. The lowest BCUT2D eigenvalue weighted by atomic mass is 10.2. The van der Waals surface area contributed by atoms with Gasteiger partial charge in [-0.2, -0.15) is 0 Å². The summed E-state index contributed by atoms with van der Waals surface area (Å²) in [4.78, 5) is 99.7. The van der Waals surface area contributed by atoms with Crippen LogP contribution in [-0.4, -0.2) is 99.5 Å². The highest BCUT2D eigenvalue weighted by Crippen LogP contribution is 2.49. The summed E-state index contributed by atoms with van der Waals surface area (Å²) < 4.78 is 60.4. The van der Waals surface area contributed by atoms with Crippen molar-refractivity contribution >= 4 is 21.8 Å². The molecule has 26 heteroatoms. The smallest absolute Gasteiger partial charge is 0.394 e. The predicted molar refractivity (Wildman–Crippen MR) is 185 cm³/mol. The maximum absolute atomic E-state index is 13.1. The van der Waals surface area contributed by atoms with Crippen molar-refractivity contribution in [3.8, 4) is 0 Å². The molecule has 3 aromatic rings.